The van der Waals surface area contributed by atoms with Crippen LogP contribution in [-0.4, -0.2) is 15.8 Å². The summed E-state index contributed by atoms with van der Waals surface area (Å²) in [6, 6.07) is 8.80. The highest BCUT2D eigenvalue weighted by Crippen LogP contribution is 2.27. The molecule has 9 heteroatoms. The molecule has 0 bridgehead atoms. The maximum atomic E-state index is 12.1. The van der Waals surface area contributed by atoms with Gasteiger partial charge in [-0.1, -0.05) is 6.07 Å². The predicted octanol–water partition coefficient (Wildman–Crippen LogP) is 2.29. The Morgan fingerprint density at radius 1 is 1.33 bits per heavy atom. The Morgan fingerprint density at radius 3 is 2.71 bits per heavy atom. The molecule has 0 saturated heterocycles. The van der Waals surface area contributed by atoms with E-state index in [-0.39, 0.29) is 11.4 Å². The van der Waals surface area contributed by atoms with Gasteiger partial charge in [0, 0.05) is 16.6 Å². The zero-order chi connectivity index (χ0) is 15.4. The molecule has 0 saturated carbocycles. The second-order valence-corrected chi connectivity index (χ2v) is 4.78. The first-order chi connectivity index (χ1) is 10.0. The van der Waals surface area contributed by atoms with Gasteiger partial charge in [0.15, 0.2) is 0 Å². The molecule has 1 heterocycles. The SMILES string of the molecule is NNc1cccc(C(=O)Nc2ccc([N+](=O)[O-])cc2Br)n1. The van der Waals surface area contributed by atoms with E-state index in [0.29, 0.717) is 16.0 Å². The molecule has 0 fully saturated rings. The van der Waals surface area contributed by atoms with Crippen molar-refractivity contribution in [3.63, 3.8) is 0 Å². The van der Waals surface area contributed by atoms with Crippen LogP contribution in [0.1, 0.15) is 10.5 Å². The number of pyridine rings is 1. The number of halogens is 1. The summed E-state index contributed by atoms with van der Waals surface area (Å²) in [7, 11) is 0. The number of nitrogens with two attached hydrogens (primary N) is 1. The fourth-order valence-corrected chi connectivity index (χ4v) is 2.01. The fraction of sp³-hybridized carbons (Fsp3) is 0. The number of non-ortho nitro benzene ring substituents is 1. The molecule has 1 aromatic heterocycles. The number of nitro benzene ring substituents is 1. The number of nitrogens with one attached hydrogen (secondary N) is 2. The molecule has 1 aromatic carbocycles. The van der Waals surface area contributed by atoms with Gasteiger partial charge in [-0.3, -0.25) is 14.9 Å². The van der Waals surface area contributed by atoms with Crippen LogP contribution in [0.2, 0.25) is 0 Å². The van der Waals surface area contributed by atoms with E-state index >= 15 is 0 Å². The van der Waals surface area contributed by atoms with Gasteiger partial charge in [0.2, 0.25) is 0 Å². The average molecular weight is 352 g/mol. The predicted molar refractivity (Wildman–Crippen MR) is 80.8 cm³/mol. The van der Waals surface area contributed by atoms with Crippen LogP contribution < -0.4 is 16.6 Å². The molecular weight excluding hydrogens is 342 g/mol. The van der Waals surface area contributed by atoms with Crippen molar-refractivity contribution in [1.82, 2.24) is 4.98 Å². The first-order valence-corrected chi connectivity index (χ1v) is 6.49. The summed E-state index contributed by atoms with van der Waals surface area (Å²) in [5, 5.41) is 13.3. The molecule has 108 valence electrons. The zero-order valence-electron chi connectivity index (χ0n) is 10.5. The number of nitrogen functional groups attached to an aromatic ring is 1. The number of anilines is 2. The van der Waals surface area contributed by atoms with E-state index in [0.717, 1.165) is 0 Å². The molecular formula is C12H10BrN5O3. The molecule has 1 amide bonds. The van der Waals surface area contributed by atoms with E-state index < -0.39 is 10.8 Å². The maximum absolute atomic E-state index is 12.1. The summed E-state index contributed by atoms with van der Waals surface area (Å²) >= 11 is 3.17. The number of carbonyl (C=O) groups excluding carboxylic acids is 1. The summed E-state index contributed by atoms with van der Waals surface area (Å²) in [5.74, 6) is 5.12. The summed E-state index contributed by atoms with van der Waals surface area (Å²) < 4.78 is 0.401. The lowest BCUT2D eigenvalue weighted by Gasteiger charge is -2.07. The maximum Gasteiger partial charge on any atom is 0.274 e. The van der Waals surface area contributed by atoms with Gasteiger partial charge in [-0.25, -0.2) is 10.8 Å². The Kier molecular flexibility index (Phi) is 4.45. The van der Waals surface area contributed by atoms with Crippen LogP contribution in [0.3, 0.4) is 0 Å². The minimum Gasteiger partial charge on any atom is -0.320 e. The monoisotopic (exact) mass is 351 g/mol. The number of amides is 1. The highest BCUT2D eigenvalue weighted by atomic mass is 79.9. The van der Waals surface area contributed by atoms with Crippen LogP contribution in [-0.2, 0) is 0 Å². The largest absolute Gasteiger partial charge is 0.320 e. The molecule has 21 heavy (non-hydrogen) atoms. The van der Waals surface area contributed by atoms with Crippen LogP contribution in [0.5, 0.6) is 0 Å². The van der Waals surface area contributed by atoms with Gasteiger partial charge in [0.1, 0.15) is 11.5 Å². The van der Waals surface area contributed by atoms with Crippen LogP contribution >= 0.6 is 15.9 Å². The number of rotatable bonds is 4. The van der Waals surface area contributed by atoms with Crippen LogP contribution in [0.25, 0.3) is 0 Å². The van der Waals surface area contributed by atoms with Crippen molar-refractivity contribution >= 4 is 39.0 Å². The zero-order valence-corrected chi connectivity index (χ0v) is 12.1. The Morgan fingerprint density at radius 2 is 2.10 bits per heavy atom. The van der Waals surface area contributed by atoms with Gasteiger partial charge >= 0.3 is 0 Å². The topological polar surface area (TPSA) is 123 Å². The Hall–Kier alpha value is -2.52. The molecule has 0 aliphatic heterocycles. The molecule has 8 nitrogen and oxygen atoms in total. The number of hydrazine groups is 1. The van der Waals surface area contributed by atoms with E-state index in [9.17, 15) is 14.9 Å². The highest BCUT2D eigenvalue weighted by molar-refractivity contribution is 9.10. The second kappa shape index (κ2) is 6.29. The summed E-state index contributed by atoms with van der Waals surface area (Å²) in [5.41, 5.74) is 2.83. The smallest absolute Gasteiger partial charge is 0.274 e. The third kappa shape index (κ3) is 3.52. The number of benzene rings is 1. The molecule has 0 spiro atoms. The summed E-state index contributed by atoms with van der Waals surface area (Å²) in [4.78, 5) is 26.2. The lowest BCUT2D eigenvalue weighted by atomic mass is 10.2. The number of hydrogen-bond donors (Lipinski definition) is 3. The molecule has 2 rings (SSSR count). The van der Waals surface area contributed by atoms with Crippen molar-refractivity contribution < 1.29 is 9.72 Å². The average Bonchev–Trinajstić information content (AvgIpc) is 2.49. The second-order valence-electron chi connectivity index (χ2n) is 3.93. The molecule has 2 aromatic rings. The van der Waals surface area contributed by atoms with E-state index in [1.165, 1.54) is 24.3 Å². The van der Waals surface area contributed by atoms with E-state index in [4.69, 9.17) is 5.84 Å². The minimum atomic E-state index is -0.520. The van der Waals surface area contributed by atoms with Gasteiger partial charge in [0.05, 0.1) is 10.6 Å². The van der Waals surface area contributed by atoms with Gasteiger partial charge < -0.3 is 10.7 Å². The number of hydrogen-bond acceptors (Lipinski definition) is 6. The van der Waals surface area contributed by atoms with Crippen molar-refractivity contribution in [1.29, 1.82) is 0 Å². The van der Waals surface area contributed by atoms with Crippen molar-refractivity contribution in [2.45, 2.75) is 0 Å². The number of nitrogens with zero attached hydrogens (tertiary/aromatic N) is 2. The Balaban J connectivity index is 2.21. The van der Waals surface area contributed by atoms with Gasteiger partial charge in [-0.05, 0) is 34.1 Å². The van der Waals surface area contributed by atoms with Gasteiger partial charge in [-0.15, -0.1) is 0 Å². The van der Waals surface area contributed by atoms with Crippen LogP contribution in [0.15, 0.2) is 40.9 Å². The van der Waals surface area contributed by atoms with Crippen molar-refractivity contribution in [2.75, 3.05) is 10.7 Å². The van der Waals surface area contributed by atoms with E-state index in [2.05, 4.69) is 31.7 Å². The molecule has 0 aliphatic rings. The van der Waals surface area contributed by atoms with Gasteiger partial charge in [0.25, 0.3) is 11.6 Å². The summed E-state index contributed by atoms with van der Waals surface area (Å²) in [6.45, 7) is 0. The normalized spacial score (nSPS) is 10.0. The van der Waals surface area contributed by atoms with E-state index in [1.807, 2.05) is 0 Å². The number of nitro groups is 1. The molecule has 0 atom stereocenters. The molecule has 0 aliphatic carbocycles. The standard InChI is InChI=1S/C12H10BrN5O3/c13-8-6-7(18(20)21)4-5-9(8)16-12(19)10-2-1-3-11(15-10)17-14/h1-6H,14H2,(H,15,17)(H,16,19). The first-order valence-electron chi connectivity index (χ1n) is 5.70. The lowest BCUT2D eigenvalue weighted by molar-refractivity contribution is -0.384. The Labute approximate surface area is 127 Å². The fourth-order valence-electron chi connectivity index (χ4n) is 1.55. The highest BCUT2D eigenvalue weighted by Gasteiger charge is 2.13. The van der Waals surface area contributed by atoms with Crippen LogP contribution in [0.4, 0.5) is 17.2 Å². The quantitative estimate of drug-likeness (QED) is 0.441. The minimum absolute atomic E-state index is 0.0765. The van der Waals surface area contributed by atoms with Crippen molar-refractivity contribution in [2.24, 2.45) is 5.84 Å². The van der Waals surface area contributed by atoms with Crippen LogP contribution in [0, 0.1) is 10.1 Å². The van der Waals surface area contributed by atoms with Crippen molar-refractivity contribution in [3.05, 3.63) is 56.7 Å². The number of aromatic nitrogens is 1. The first kappa shape index (κ1) is 14.9. The third-order valence-electron chi connectivity index (χ3n) is 2.54. The lowest BCUT2D eigenvalue weighted by Crippen LogP contribution is -2.16. The van der Waals surface area contributed by atoms with Crippen molar-refractivity contribution in [3.8, 4) is 0 Å². The molecule has 0 unspecified atom stereocenters. The number of carbonyl (C=O) groups is 1. The molecule has 0 radical (unpaired) electrons. The molecule has 4 N–H and O–H groups in total. The third-order valence-corrected chi connectivity index (χ3v) is 3.20. The van der Waals surface area contributed by atoms with E-state index in [1.54, 1.807) is 12.1 Å². The van der Waals surface area contributed by atoms with Gasteiger partial charge in [-0.2, -0.15) is 0 Å². The summed E-state index contributed by atoms with van der Waals surface area (Å²) in [6.07, 6.45) is 0. The Bertz CT molecular complexity index is 707.